The molecule has 0 radical (unpaired) electrons. The van der Waals surface area contributed by atoms with E-state index in [9.17, 15) is 0 Å². The van der Waals surface area contributed by atoms with Crippen LogP contribution in [-0.4, -0.2) is 11.0 Å². The van der Waals surface area contributed by atoms with E-state index < -0.39 is 0 Å². The summed E-state index contributed by atoms with van der Waals surface area (Å²) in [6, 6.07) is 5.95. The molecule has 0 saturated heterocycles. The lowest BCUT2D eigenvalue weighted by molar-refractivity contribution is 0.359. The van der Waals surface area contributed by atoms with E-state index in [0.29, 0.717) is 11.2 Å². The Labute approximate surface area is 90.7 Å². The zero-order valence-corrected chi connectivity index (χ0v) is 9.89. The van der Waals surface area contributed by atoms with E-state index in [0.717, 1.165) is 5.82 Å². The van der Waals surface area contributed by atoms with Gasteiger partial charge in [0.05, 0.1) is 0 Å². The lowest BCUT2D eigenvalue weighted by Gasteiger charge is -2.28. The van der Waals surface area contributed by atoms with Crippen LogP contribution in [-0.2, 0) is 0 Å². The van der Waals surface area contributed by atoms with Crippen LogP contribution in [0.15, 0.2) is 18.2 Å². The van der Waals surface area contributed by atoms with Crippen molar-refractivity contribution in [3.05, 3.63) is 23.4 Å². The summed E-state index contributed by atoms with van der Waals surface area (Å²) in [6.07, 6.45) is 0. The van der Waals surface area contributed by atoms with Gasteiger partial charge < -0.3 is 5.32 Å². The minimum atomic E-state index is 0.212. The third-order valence-corrected chi connectivity index (χ3v) is 2.59. The van der Waals surface area contributed by atoms with Gasteiger partial charge in [0.25, 0.3) is 0 Å². The van der Waals surface area contributed by atoms with Crippen molar-refractivity contribution in [2.45, 2.75) is 33.7 Å². The Hall–Kier alpha value is -0.760. The van der Waals surface area contributed by atoms with Crippen LogP contribution in [0.2, 0.25) is 5.15 Å². The van der Waals surface area contributed by atoms with E-state index in [-0.39, 0.29) is 5.41 Å². The fourth-order valence-electron chi connectivity index (χ4n) is 0.927. The normalized spacial score (nSPS) is 13.8. The lowest BCUT2D eigenvalue weighted by Crippen LogP contribution is -2.31. The summed E-state index contributed by atoms with van der Waals surface area (Å²) < 4.78 is 0. The van der Waals surface area contributed by atoms with Crippen LogP contribution in [0, 0.1) is 5.41 Å². The fourth-order valence-corrected chi connectivity index (χ4v) is 1.09. The molecule has 1 atom stereocenters. The molecule has 1 N–H and O–H groups in total. The number of hydrogen-bond donors (Lipinski definition) is 1. The smallest absolute Gasteiger partial charge is 0.131 e. The Morgan fingerprint density at radius 2 is 2.00 bits per heavy atom. The number of pyridine rings is 1. The SMILES string of the molecule is CC(Nc1cccc(Cl)n1)C(C)(C)C. The molecule has 0 aliphatic carbocycles. The number of hydrogen-bond acceptors (Lipinski definition) is 2. The molecule has 0 amide bonds. The van der Waals surface area contributed by atoms with E-state index in [1.54, 1.807) is 6.07 Å². The molecule has 0 spiro atoms. The average molecular weight is 213 g/mol. The number of aromatic nitrogens is 1. The van der Waals surface area contributed by atoms with Gasteiger partial charge in [0.15, 0.2) is 0 Å². The van der Waals surface area contributed by atoms with E-state index >= 15 is 0 Å². The standard InChI is InChI=1S/C11H17ClN2/c1-8(11(2,3)4)13-10-7-5-6-9(12)14-10/h5-8H,1-4H3,(H,13,14). The van der Waals surface area contributed by atoms with E-state index in [4.69, 9.17) is 11.6 Å². The van der Waals surface area contributed by atoms with Crippen LogP contribution in [0.4, 0.5) is 5.82 Å². The molecule has 1 rings (SSSR count). The van der Waals surface area contributed by atoms with Crippen molar-refractivity contribution in [1.82, 2.24) is 4.98 Å². The number of rotatable bonds is 2. The molecule has 0 fully saturated rings. The van der Waals surface area contributed by atoms with Gasteiger partial charge >= 0.3 is 0 Å². The largest absolute Gasteiger partial charge is 0.367 e. The molecule has 3 heteroatoms. The van der Waals surface area contributed by atoms with Gasteiger partial charge in [-0.2, -0.15) is 0 Å². The van der Waals surface area contributed by atoms with Crippen LogP contribution < -0.4 is 5.32 Å². The topological polar surface area (TPSA) is 24.9 Å². The summed E-state index contributed by atoms with van der Waals surface area (Å²) in [4.78, 5) is 4.18. The first kappa shape index (κ1) is 11.3. The van der Waals surface area contributed by atoms with Crippen LogP contribution in [0.3, 0.4) is 0 Å². The van der Waals surface area contributed by atoms with E-state index in [1.807, 2.05) is 12.1 Å². The molecule has 1 aromatic rings. The third-order valence-electron chi connectivity index (χ3n) is 2.38. The number of halogens is 1. The highest BCUT2D eigenvalue weighted by molar-refractivity contribution is 6.29. The minimum Gasteiger partial charge on any atom is -0.367 e. The summed E-state index contributed by atoms with van der Waals surface area (Å²) in [5, 5.41) is 3.85. The van der Waals surface area contributed by atoms with Gasteiger partial charge in [0.1, 0.15) is 11.0 Å². The molecule has 0 aliphatic heterocycles. The highest BCUT2D eigenvalue weighted by Gasteiger charge is 2.19. The van der Waals surface area contributed by atoms with Gasteiger partial charge in [0, 0.05) is 6.04 Å². The third kappa shape index (κ3) is 3.18. The molecule has 0 aliphatic rings. The summed E-state index contributed by atoms with van der Waals surface area (Å²) in [7, 11) is 0. The highest BCUT2D eigenvalue weighted by Crippen LogP contribution is 2.22. The second-order valence-electron chi connectivity index (χ2n) is 4.58. The van der Waals surface area contributed by atoms with E-state index in [1.165, 1.54) is 0 Å². The Balaban J connectivity index is 2.70. The van der Waals surface area contributed by atoms with Crippen molar-refractivity contribution in [3.8, 4) is 0 Å². The second kappa shape index (κ2) is 4.18. The van der Waals surface area contributed by atoms with Crippen LogP contribution in [0.25, 0.3) is 0 Å². The molecule has 78 valence electrons. The van der Waals surface area contributed by atoms with Gasteiger partial charge in [-0.3, -0.25) is 0 Å². The summed E-state index contributed by atoms with van der Waals surface area (Å²) >= 11 is 5.79. The van der Waals surface area contributed by atoms with Crippen molar-refractivity contribution < 1.29 is 0 Å². The van der Waals surface area contributed by atoms with Gasteiger partial charge in [-0.25, -0.2) is 4.98 Å². The summed E-state index contributed by atoms with van der Waals surface area (Å²) in [6.45, 7) is 8.71. The Bertz CT molecular complexity index is 304. The van der Waals surface area contributed by atoms with Crippen molar-refractivity contribution >= 4 is 17.4 Å². The van der Waals surface area contributed by atoms with E-state index in [2.05, 4.69) is 38.0 Å². The molecule has 2 nitrogen and oxygen atoms in total. The molecule has 1 unspecified atom stereocenters. The Morgan fingerprint density at radius 3 is 2.50 bits per heavy atom. The quantitative estimate of drug-likeness (QED) is 0.758. The Kier molecular flexibility index (Phi) is 3.38. The molecular weight excluding hydrogens is 196 g/mol. The van der Waals surface area contributed by atoms with Gasteiger partial charge in [-0.15, -0.1) is 0 Å². The fraction of sp³-hybridized carbons (Fsp3) is 0.545. The average Bonchev–Trinajstić information content (AvgIpc) is 2.02. The maximum atomic E-state index is 5.79. The van der Waals surface area contributed by atoms with Crippen LogP contribution in [0.1, 0.15) is 27.7 Å². The lowest BCUT2D eigenvalue weighted by atomic mass is 9.88. The first-order valence-electron chi connectivity index (χ1n) is 4.78. The molecule has 1 aromatic heterocycles. The number of nitrogens with one attached hydrogen (secondary N) is 1. The zero-order chi connectivity index (χ0) is 10.8. The molecule has 0 saturated carbocycles. The monoisotopic (exact) mass is 212 g/mol. The maximum absolute atomic E-state index is 5.79. The molecule has 14 heavy (non-hydrogen) atoms. The summed E-state index contributed by atoms with van der Waals surface area (Å²) in [5.41, 5.74) is 0.212. The van der Waals surface area contributed by atoms with Gasteiger partial charge in [0.2, 0.25) is 0 Å². The Morgan fingerprint density at radius 1 is 1.36 bits per heavy atom. The predicted molar refractivity (Wildman–Crippen MR) is 61.8 cm³/mol. The second-order valence-corrected chi connectivity index (χ2v) is 4.96. The van der Waals surface area contributed by atoms with Crippen LogP contribution >= 0.6 is 11.6 Å². The molecule has 0 bridgehead atoms. The van der Waals surface area contributed by atoms with Crippen molar-refractivity contribution in [2.75, 3.05) is 5.32 Å². The van der Waals surface area contributed by atoms with Crippen molar-refractivity contribution in [1.29, 1.82) is 0 Å². The minimum absolute atomic E-state index is 0.212. The van der Waals surface area contributed by atoms with Crippen molar-refractivity contribution in [2.24, 2.45) is 5.41 Å². The van der Waals surface area contributed by atoms with Crippen molar-refractivity contribution in [3.63, 3.8) is 0 Å². The predicted octanol–water partition coefficient (Wildman–Crippen LogP) is 3.58. The van der Waals surface area contributed by atoms with Gasteiger partial charge in [-0.05, 0) is 24.5 Å². The zero-order valence-electron chi connectivity index (χ0n) is 9.13. The number of anilines is 1. The van der Waals surface area contributed by atoms with Gasteiger partial charge in [-0.1, -0.05) is 38.4 Å². The van der Waals surface area contributed by atoms with Crippen LogP contribution in [0.5, 0.6) is 0 Å². The molecule has 1 heterocycles. The first-order valence-corrected chi connectivity index (χ1v) is 5.16. The molecule has 0 aromatic carbocycles. The first-order chi connectivity index (χ1) is 6.39. The maximum Gasteiger partial charge on any atom is 0.131 e. The highest BCUT2D eigenvalue weighted by atomic mass is 35.5. The molecular formula is C11H17ClN2. The summed E-state index contributed by atoms with van der Waals surface area (Å²) in [5.74, 6) is 0.833. The number of nitrogens with zero attached hydrogens (tertiary/aromatic N) is 1.